The highest BCUT2D eigenvalue weighted by atomic mass is 32.2. The van der Waals surface area contributed by atoms with Gasteiger partial charge in [0.05, 0.1) is 49.2 Å². The van der Waals surface area contributed by atoms with Crippen LogP contribution < -0.4 is 0 Å². The number of benzene rings is 7. The van der Waals surface area contributed by atoms with E-state index in [1.165, 1.54) is 7.11 Å². The van der Waals surface area contributed by atoms with Gasteiger partial charge in [-0.15, -0.1) is 11.8 Å². The minimum Gasteiger partial charge on any atom is -0.452 e. The summed E-state index contributed by atoms with van der Waals surface area (Å²) in [4.78, 5) is 43.4. The summed E-state index contributed by atoms with van der Waals surface area (Å²) in [7, 11) is 2.96. The molecule has 7 aromatic rings. The van der Waals surface area contributed by atoms with Gasteiger partial charge in [0.1, 0.15) is 30.5 Å². The van der Waals surface area contributed by atoms with Gasteiger partial charge in [-0.05, 0) is 65.2 Å². The SMILES string of the molecule is CO[C@H]1O[C@H](CO[C@H]2O[C@H](COCc3ccccc3)[C@@H](OCc3ccccc3)[C@H](OC)[C@H]2O[C@H](CSc2ccccc2)c2ccccc2)[C@@H](OC(=O)c2ccccc2)[C@H](OC(=O)c2ccccc2)[C@H]1OC(=O)c1ccccc1. The summed E-state index contributed by atoms with van der Waals surface area (Å²) in [6.07, 6.45) is -12.3. The van der Waals surface area contributed by atoms with Gasteiger partial charge in [-0.1, -0.05) is 164 Å². The van der Waals surface area contributed by atoms with E-state index in [4.69, 9.17) is 52.1 Å². The van der Waals surface area contributed by atoms with E-state index in [2.05, 4.69) is 0 Å². The number of carbonyl (C=O) groups excluding carboxylic acids is 3. The third kappa shape index (κ3) is 15.0. The first kappa shape index (κ1) is 55.7. The third-order valence-corrected chi connectivity index (χ3v) is 14.3. The average molecular weight is 1080 g/mol. The number of hydrogen-bond donors (Lipinski definition) is 0. The number of rotatable bonds is 24. The second-order valence-corrected chi connectivity index (χ2v) is 19.5. The normalized spacial score (nSPS) is 23.4. The van der Waals surface area contributed by atoms with Gasteiger partial charge in [-0.3, -0.25) is 0 Å². The predicted octanol–water partition coefficient (Wildman–Crippen LogP) is 10.5. The van der Waals surface area contributed by atoms with E-state index in [1.54, 1.807) is 110 Å². The van der Waals surface area contributed by atoms with Crippen molar-refractivity contribution in [2.24, 2.45) is 0 Å². The fourth-order valence-corrected chi connectivity index (χ4v) is 10.2. The van der Waals surface area contributed by atoms with Crippen molar-refractivity contribution in [3.8, 4) is 0 Å². The van der Waals surface area contributed by atoms with Crippen LogP contribution in [-0.2, 0) is 65.3 Å². The quantitative estimate of drug-likeness (QED) is 0.0320. The van der Waals surface area contributed by atoms with E-state index in [-0.39, 0.29) is 43.1 Å². The molecule has 2 heterocycles. The topological polar surface area (TPSA) is 153 Å². The number of methoxy groups -OCH3 is 2. The van der Waals surface area contributed by atoms with Gasteiger partial charge in [0.15, 0.2) is 30.9 Å². The molecule has 0 radical (unpaired) electrons. The summed E-state index contributed by atoms with van der Waals surface area (Å²) in [6.45, 7) is 0.176. The Morgan fingerprint density at radius 3 is 1.41 bits per heavy atom. The molecule has 78 heavy (non-hydrogen) atoms. The lowest BCUT2D eigenvalue weighted by Crippen LogP contribution is -2.64. The Hall–Kier alpha value is -7.02. The fraction of sp³-hybridized carbons (Fsp3) is 0.286. The molecule has 0 amide bonds. The van der Waals surface area contributed by atoms with Crippen molar-refractivity contribution in [1.29, 1.82) is 0 Å². The van der Waals surface area contributed by atoms with Crippen molar-refractivity contribution in [2.75, 3.05) is 33.2 Å². The Morgan fingerprint density at radius 2 is 0.885 bits per heavy atom. The summed E-state index contributed by atoms with van der Waals surface area (Å²) >= 11 is 1.63. The molecule has 7 aromatic carbocycles. The Kier molecular flexibility index (Phi) is 20.4. The zero-order chi connectivity index (χ0) is 53.9. The van der Waals surface area contributed by atoms with Crippen molar-refractivity contribution in [1.82, 2.24) is 0 Å². The van der Waals surface area contributed by atoms with Gasteiger partial charge in [0, 0.05) is 24.9 Å². The molecule has 0 bridgehead atoms. The molecule has 0 unspecified atom stereocenters. The van der Waals surface area contributed by atoms with Crippen LogP contribution in [0, 0.1) is 0 Å². The number of ether oxygens (including phenoxy) is 11. The molecule has 0 aliphatic carbocycles. The molecule has 404 valence electrons. The lowest BCUT2D eigenvalue weighted by molar-refractivity contribution is -0.342. The van der Waals surface area contributed by atoms with Crippen LogP contribution in [0.1, 0.15) is 53.9 Å². The summed E-state index contributed by atoms with van der Waals surface area (Å²) in [5.74, 6) is -1.84. The number of esters is 3. The molecule has 0 N–H and O–H groups in total. The van der Waals surface area contributed by atoms with E-state index >= 15 is 0 Å². The number of carbonyl (C=O) groups is 3. The zero-order valence-electron chi connectivity index (χ0n) is 43.2. The van der Waals surface area contributed by atoms with Crippen LogP contribution in [0.2, 0.25) is 0 Å². The van der Waals surface area contributed by atoms with Gasteiger partial charge < -0.3 is 52.1 Å². The van der Waals surface area contributed by atoms with Crippen LogP contribution in [0.15, 0.2) is 217 Å². The van der Waals surface area contributed by atoms with E-state index < -0.39 is 85.4 Å². The largest absolute Gasteiger partial charge is 0.452 e. The Morgan fingerprint density at radius 1 is 0.436 bits per heavy atom. The second kappa shape index (κ2) is 28.6. The maximum atomic E-state index is 14.3. The maximum Gasteiger partial charge on any atom is 0.338 e. The summed E-state index contributed by atoms with van der Waals surface area (Å²) in [6, 6.07) is 64.4. The molecule has 15 heteroatoms. The maximum absolute atomic E-state index is 14.3. The second-order valence-electron chi connectivity index (χ2n) is 18.4. The van der Waals surface area contributed by atoms with Crippen LogP contribution in [0.5, 0.6) is 0 Å². The minimum atomic E-state index is -1.52. The van der Waals surface area contributed by atoms with Gasteiger partial charge in [0.25, 0.3) is 0 Å². The van der Waals surface area contributed by atoms with E-state index in [0.29, 0.717) is 5.75 Å². The van der Waals surface area contributed by atoms with Gasteiger partial charge in [0.2, 0.25) is 0 Å². The summed E-state index contributed by atoms with van der Waals surface area (Å²) < 4.78 is 72.3. The lowest BCUT2D eigenvalue weighted by atomic mass is 9.96. The molecule has 2 saturated heterocycles. The molecule has 0 saturated carbocycles. The van der Waals surface area contributed by atoms with Crippen molar-refractivity contribution in [2.45, 2.75) is 85.6 Å². The zero-order valence-corrected chi connectivity index (χ0v) is 44.0. The molecule has 2 aliphatic heterocycles. The van der Waals surface area contributed by atoms with Crippen LogP contribution >= 0.6 is 11.8 Å². The van der Waals surface area contributed by atoms with Crippen molar-refractivity contribution in [3.63, 3.8) is 0 Å². The van der Waals surface area contributed by atoms with E-state index in [0.717, 1.165) is 21.6 Å². The first-order valence-electron chi connectivity index (χ1n) is 25.8. The lowest BCUT2D eigenvalue weighted by Gasteiger charge is -2.47. The summed E-state index contributed by atoms with van der Waals surface area (Å²) in [5, 5.41) is 0. The standard InChI is InChI=1S/C63H62O14S/c1-67-55-53(70-39-44-26-12-4-13-27-44)50(40-69-38-43-24-10-3-11-25-43)74-63(57(55)72-52(45-28-14-5-15-29-45)42-78-49-36-22-9-23-37-49)71-41-51-54(75-59(64)46-30-16-6-17-31-46)56(76-60(65)47-32-18-7-19-33-47)58(62(68-2)73-51)77-61(66)48-34-20-8-21-35-48/h3-37,50-58,62-63H,38-42H2,1-2H3/t50-,51-,52-,53-,54-,55+,56+,57-,58-,62+,63+/m1/s1. The number of hydrogen-bond acceptors (Lipinski definition) is 15. The summed E-state index contributed by atoms with van der Waals surface area (Å²) in [5.41, 5.74) is 3.39. The van der Waals surface area contributed by atoms with Crippen molar-refractivity contribution in [3.05, 3.63) is 246 Å². The smallest absolute Gasteiger partial charge is 0.338 e. The van der Waals surface area contributed by atoms with E-state index in [9.17, 15) is 14.4 Å². The molecular formula is C63H62O14S. The van der Waals surface area contributed by atoms with Crippen LogP contribution in [0.25, 0.3) is 0 Å². The van der Waals surface area contributed by atoms with Gasteiger partial charge in [-0.2, -0.15) is 0 Å². The molecule has 0 aromatic heterocycles. The van der Waals surface area contributed by atoms with Crippen LogP contribution in [0.4, 0.5) is 0 Å². The third-order valence-electron chi connectivity index (χ3n) is 13.2. The molecule has 2 fully saturated rings. The molecular weight excluding hydrogens is 1010 g/mol. The fourth-order valence-electron chi connectivity index (χ4n) is 9.25. The first-order chi connectivity index (χ1) is 38.3. The Labute approximate surface area is 458 Å². The highest BCUT2D eigenvalue weighted by Gasteiger charge is 2.55. The molecule has 14 nitrogen and oxygen atoms in total. The first-order valence-corrected chi connectivity index (χ1v) is 26.8. The van der Waals surface area contributed by atoms with E-state index in [1.807, 2.05) is 121 Å². The monoisotopic (exact) mass is 1070 g/mol. The predicted molar refractivity (Wildman–Crippen MR) is 290 cm³/mol. The molecule has 0 spiro atoms. The molecule has 2 aliphatic rings. The van der Waals surface area contributed by atoms with Crippen molar-refractivity contribution < 1.29 is 66.5 Å². The highest BCUT2D eigenvalue weighted by Crippen LogP contribution is 2.37. The number of thioether (sulfide) groups is 1. The van der Waals surface area contributed by atoms with Gasteiger partial charge in [-0.25, -0.2) is 14.4 Å². The van der Waals surface area contributed by atoms with Crippen LogP contribution in [-0.4, -0.2) is 113 Å². The molecule has 9 rings (SSSR count). The van der Waals surface area contributed by atoms with Crippen LogP contribution in [0.3, 0.4) is 0 Å². The highest BCUT2D eigenvalue weighted by molar-refractivity contribution is 7.99. The van der Waals surface area contributed by atoms with Gasteiger partial charge >= 0.3 is 17.9 Å². The minimum absolute atomic E-state index is 0.0573. The average Bonchev–Trinajstić information content (AvgIpc) is 3.53. The van der Waals surface area contributed by atoms with Crippen molar-refractivity contribution >= 4 is 29.7 Å². The Balaban J connectivity index is 1.09. The molecule has 11 atom stereocenters. The Bertz CT molecular complexity index is 2890.